The van der Waals surface area contributed by atoms with Gasteiger partial charge in [0.1, 0.15) is 11.5 Å². The van der Waals surface area contributed by atoms with Gasteiger partial charge in [-0.05, 0) is 91.5 Å². The number of piperidine rings is 1. The van der Waals surface area contributed by atoms with Crippen LogP contribution in [0.3, 0.4) is 0 Å². The number of fused-ring (bicyclic) bond motifs is 3. The molecule has 2 heterocycles. The predicted molar refractivity (Wildman–Crippen MR) is 161 cm³/mol. The Balaban J connectivity index is 1.43. The van der Waals surface area contributed by atoms with E-state index in [1.54, 1.807) is 25.9 Å². The molecule has 3 aromatic rings. The van der Waals surface area contributed by atoms with Crippen molar-refractivity contribution in [3.8, 4) is 6.07 Å². The first-order valence-electron chi connectivity index (χ1n) is 15.2. The molecule has 1 aliphatic heterocycles. The average molecular weight is 596 g/mol. The van der Waals surface area contributed by atoms with Crippen LogP contribution in [0.1, 0.15) is 80.9 Å². The van der Waals surface area contributed by atoms with Crippen LogP contribution in [0.25, 0.3) is 0 Å². The second-order valence-electron chi connectivity index (χ2n) is 12.2. The summed E-state index contributed by atoms with van der Waals surface area (Å²) in [5, 5.41) is 27.2. The lowest BCUT2D eigenvalue weighted by Gasteiger charge is -2.36. The third kappa shape index (κ3) is 5.03. The third-order valence-electron chi connectivity index (χ3n) is 9.42. The van der Waals surface area contributed by atoms with E-state index in [9.17, 15) is 19.6 Å². The Labute approximate surface area is 256 Å². The van der Waals surface area contributed by atoms with Crippen molar-refractivity contribution in [2.45, 2.75) is 69.5 Å². The lowest BCUT2D eigenvalue weighted by molar-refractivity contribution is -0.131. The summed E-state index contributed by atoms with van der Waals surface area (Å²) in [6.45, 7) is 3.87. The second-order valence-corrected chi connectivity index (χ2v) is 12.2. The SMILES string of the molecule is CNC(=O)c1ccc2c(c1)CCc1cc(C(=O)NC)ccc1C2(C[C@@H](C)NCC(=O)N1C(C#N)C[C@@H]2C[C@@H]21)c1nnc(C)o1. The summed E-state index contributed by atoms with van der Waals surface area (Å²) in [4.78, 5) is 40.3. The van der Waals surface area contributed by atoms with Crippen LogP contribution in [0.5, 0.6) is 0 Å². The van der Waals surface area contributed by atoms with E-state index in [2.05, 4.69) is 32.2 Å². The molecule has 3 aliphatic rings. The molecule has 1 unspecified atom stereocenters. The molecular weight excluding hydrogens is 558 g/mol. The fraction of sp³-hybridized carbons (Fsp3) is 0.455. The molecule has 1 saturated carbocycles. The monoisotopic (exact) mass is 595 g/mol. The number of carbonyl (C=O) groups is 3. The van der Waals surface area contributed by atoms with Crippen molar-refractivity contribution in [2.24, 2.45) is 5.92 Å². The molecule has 2 aliphatic carbocycles. The van der Waals surface area contributed by atoms with E-state index in [0.717, 1.165) is 35.1 Å². The van der Waals surface area contributed by atoms with Gasteiger partial charge in [0.25, 0.3) is 11.8 Å². The summed E-state index contributed by atoms with van der Waals surface area (Å²) in [5.41, 5.74) is 3.96. The number of amides is 3. The summed E-state index contributed by atoms with van der Waals surface area (Å²) in [5.74, 6) is 0.845. The van der Waals surface area contributed by atoms with E-state index in [-0.39, 0.29) is 42.4 Å². The maximum Gasteiger partial charge on any atom is 0.251 e. The van der Waals surface area contributed by atoms with Gasteiger partial charge in [-0.2, -0.15) is 5.26 Å². The van der Waals surface area contributed by atoms with E-state index in [1.807, 2.05) is 43.3 Å². The summed E-state index contributed by atoms with van der Waals surface area (Å²) < 4.78 is 6.23. The van der Waals surface area contributed by atoms with Gasteiger partial charge < -0.3 is 25.3 Å². The molecule has 11 nitrogen and oxygen atoms in total. The Bertz CT molecular complexity index is 1610. The lowest BCUT2D eigenvalue weighted by Crippen LogP contribution is -2.46. The van der Waals surface area contributed by atoms with Gasteiger partial charge in [-0.3, -0.25) is 14.4 Å². The quantitative estimate of drug-likeness (QED) is 0.359. The van der Waals surface area contributed by atoms with Crippen LogP contribution in [0.15, 0.2) is 40.8 Å². The Hall–Kier alpha value is -4.56. The van der Waals surface area contributed by atoms with E-state index in [0.29, 0.717) is 48.1 Å². The molecule has 3 amide bonds. The largest absolute Gasteiger partial charge is 0.424 e. The second kappa shape index (κ2) is 11.5. The summed E-state index contributed by atoms with van der Waals surface area (Å²) >= 11 is 0. The Morgan fingerprint density at radius 1 is 1.02 bits per heavy atom. The standard InChI is InChI=1S/C33H37N7O4/c1-18(37-17-29(41)40-25(16-34)13-24-14-28(24)40)15-33(32-39-38-19(2)44-32)26-9-7-22(30(42)35-3)11-20(26)5-6-21-12-23(31(43)36-4)8-10-27(21)33/h7-12,18,24-25,28,37H,5-6,13-15,17H2,1-4H3,(H,35,42)(H,36,43)/t18-,24-,25?,28+/m1/s1. The highest BCUT2D eigenvalue weighted by Gasteiger charge is 2.54. The number of carbonyl (C=O) groups excluding carboxylic acids is 3. The minimum absolute atomic E-state index is 0.0665. The molecule has 1 aromatic heterocycles. The van der Waals surface area contributed by atoms with Gasteiger partial charge in [0.15, 0.2) is 0 Å². The van der Waals surface area contributed by atoms with E-state index in [1.165, 1.54) is 0 Å². The van der Waals surface area contributed by atoms with Crippen LogP contribution < -0.4 is 16.0 Å². The van der Waals surface area contributed by atoms with Crippen molar-refractivity contribution < 1.29 is 18.8 Å². The lowest BCUT2D eigenvalue weighted by atomic mass is 9.68. The zero-order valence-corrected chi connectivity index (χ0v) is 25.4. The van der Waals surface area contributed by atoms with Crippen LogP contribution in [-0.4, -0.2) is 71.6 Å². The van der Waals surface area contributed by atoms with E-state index >= 15 is 0 Å². The molecule has 0 radical (unpaired) electrons. The predicted octanol–water partition coefficient (Wildman–Crippen LogP) is 2.41. The third-order valence-corrected chi connectivity index (χ3v) is 9.42. The number of nitriles is 1. The Kier molecular flexibility index (Phi) is 7.72. The molecule has 2 aromatic carbocycles. The zero-order valence-electron chi connectivity index (χ0n) is 25.4. The highest BCUT2D eigenvalue weighted by atomic mass is 16.4. The zero-order chi connectivity index (χ0) is 31.2. The minimum atomic E-state index is -0.940. The van der Waals surface area contributed by atoms with Gasteiger partial charge in [-0.15, -0.1) is 10.2 Å². The first kappa shape index (κ1) is 29.5. The van der Waals surface area contributed by atoms with Crippen LogP contribution in [-0.2, 0) is 23.1 Å². The minimum Gasteiger partial charge on any atom is -0.424 e. The fourth-order valence-corrected chi connectivity index (χ4v) is 7.24. The molecule has 6 rings (SSSR count). The van der Waals surface area contributed by atoms with Crippen LogP contribution in [0.4, 0.5) is 0 Å². The molecule has 2 fully saturated rings. The van der Waals surface area contributed by atoms with Crippen molar-refractivity contribution in [1.82, 2.24) is 31.0 Å². The maximum absolute atomic E-state index is 13.3. The number of hydrogen-bond acceptors (Lipinski definition) is 8. The molecular formula is C33H37N7O4. The normalized spacial score (nSPS) is 21.6. The number of nitrogens with zero attached hydrogens (tertiary/aromatic N) is 4. The molecule has 228 valence electrons. The van der Waals surface area contributed by atoms with Gasteiger partial charge in [0, 0.05) is 44.2 Å². The van der Waals surface area contributed by atoms with Crippen LogP contribution in [0, 0.1) is 24.2 Å². The van der Waals surface area contributed by atoms with Gasteiger partial charge in [-0.1, -0.05) is 12.1 Å². The van der Waals surface area contributed by atoms with E-state index < -0.39 is 5.41 Å². The summed E-state index contributed by atoms with van der Waals surface area (Å²) in [6, 6.07) is 13.3. The highest BCUT2D eigenvalue weighted by molar-refractivity contribution is 5.95. The molecule has 1 saturated heterocycles. The summed E-state index contributed by atoms with van der Waals surface area (Å²) in [6.07, 6.45) is 3.45. The number of aryl methyl sites for hydroxylation is 3. The molecule has 0 spiro atoms. The fourth-order valence-electron chi connectivity index (χ4n) is 7.24. The molecule has 3 N–H and O–H groups in total. The maximum atomic E-state index is 13.3. The first-order chi connectivity index (χ1) is 21.2. The average Bonchev–Trinajstić information content (AvgIpc) is 3.53. The smallest absolute Gasteiger partial charge is 0.251 e. The summed E-state index contributed by atoms with van der Waals surface area (Å²) in [7, 11) is 3.21. The van der Waals surface area contributed by atoms with Crippen molar-refractivity contribution in [2.75, 3.05) is 20.6 Å². The molecule has 11 heteroatoms. The Morgan fingerprint density at radius 3 is 2.16 bits per heavy atom. The van der Waals surface area contributed by atoms with Crippen molar-refractivity contribution in [3.63, 3.8) is 0 Å². The topological polar surface area (TPSA) is 153 Å². The van der Waals surface area contributed by atoms with Crippen molar-refractivity contribution in [3.05, 3.63) is 81.6 Å². The molecule has 4 atom stereocenters. The number of aromatic nitrogens is 2. The highest BCUT2D eigenvalue weighted by Crippen LogP contribution is 2.49. The number of benzene rings is 2. The number of hydrogen-bond donors (Lipinski definition) is 3. The number of likely N-dealkylation sites (tertiary alicyclic amines) is 1. The van der Waals surface area contributed by atoms with Gasteiger partial charge >= 0.3 is 0 Å². The Morgan fingerprint density at radius 2 is 1.64 bits per heavy atom. The van der Waals surface area contributed by atoms with Crippen molar-refractivity contribution in [1.29, 1.82) is 5.26 Å². The van der Waals surface area contributed by atoms with Crippen molar-refractivity contribution >= 4 is 17.7 Å². The first-order valence-corrected chi connectivity index (χ1v) is 15.2. The number of nitrogens with one attached hydrogen (secondary N) is 3. The van der Waals surface area contributed by atoms with Crippen LogP contribution in [0.2, 0.25) is 0 Å². The molecule has 0 bridgehead atoms. The van der Waals surface area contributed by atoms with Gasteiger partial charge in [-0.25, -0.2) is 0 Å². The van der Waals surface area contributed by atoms with Gasteiger partial charge in [0.2, 0.25) is 17.7 Å². The van der Waals surface area contributed by atoms with Gasteiger partial charge in [0.05, 0.1) is 12.6 Å². The van der Waals surface area contributed by atoms with Crippen LogP contribution >= 0.6 is 0 Å². The molecule has 44 heavy (non-hydrogen) atoms. The number of rotatable bonds is 8. The van der Waals surface area contributed by atoms with E-state index in [4.69, 9.17) is 4.42 Å².